The maximum atomic E-state index is 13.3. The smallest absolute Gasteiger partial charge is 0.251 e. The first-order valence-corrected chi connectivity index (χ1v) is 13.5. The van der Waals surface area contributed by atoms with Gasteiger partial charge in [-0.15, -0.1) is 5.73 Å². The van der Waals surface area contributed by atoms with Crippen LogP contribution in [0.15, 0.2) is 84.1 Å². The molecule has 1 aromatic heterocycles. The van der Waals surface area contributed by atoms with Crippen molar-refractivity contribution in [3.63, 3.8) is 0 Å². The lowest BCUT2D eigenvalue weighted by Gasteiger charge is -2.32. The molecule has 1 fully saturated rings. The molecule has 0 unspecified atom stereocenters. The first-order valence-electron chi connectivity index (χ1n) is 13.5. The van der Waals surface area contributed by atoms with Gasteiger partial charge in [-0.25, -0.2) is 4.39 Å². The molecular weight excluding hydrogens is 475 g/mol. The third kappa shape index (κ3) is 5.58. The van der Waals surface area contributed by atoms with Crippen molar-refractivity contribution in [1.29, 1.82) is 0 Å². The van der Waals surface area contributed by atoms with Crippen LogP contribution in [0.3, 0.4) is 0 Å². The van der Waals surface area contributed by atoms with E-state index in [-0.39, 0.29) is 17.8 Å². The summed E-state index contributed by atoms with van der Waals surface area (Å²) in [4.78, 5) is 21.6. The van der Waals surface area contributed by atoms with E-state index in [0.29, 0.717) is 5.56 Å². The summed E-state index contributed by atoms with van der Waals surface area (Å²) in [7, 11) is 0. The van der Waals surface area contributed by atoms with Gasteiger partial charge in [0.2, 0.25) is 0 Å². The monoisotopic (exact) mass is 508 g/mol. The Bertz CT molecular complexity index is 1450. The summed E-state index contributed by atoms with van der Waals surface area (Å²) >= 11 is 0. The van der Waals surface area contributed by atoms with Gasteiger partial charge in [0.05, 0.1) is 0 Å². The molecular formula is C32H33FN4O. The van der Waals surface area contributed by atoms with Gasteiger partial charge >= 0.3 is 0 Å². The van der Waals surface area contributed by atoms with Crippen LogP contribution in [-0.2, 0) is 19.5 Å². The van der Waals surface area contributed by atoms with Crippen LogP contribution in [-0.4, -0.2) is 52.9 Å². The first-order chi connectivity index (χ1) is 18.6. The van der Waals surface area contributed by atoms with E-state index in [0.717, 1.165) is 75.0 Å². The Morgan fingerprint density at radius 2 is 1.87 bits per heavy atom. The molecule has 6 heteroatoms. The van der Waals surface area contributed by atoms with Gasteiger partial charge in [-0.1, -0.05) is 24.3 Å². The van der Waals surface area contributed by atoms with Crippen molar-refractivity contribution in [2.75, 3.05) is 26.2 Å². The minimum atomic E-state index is -0.206. The second-order valence-electron chi connectivity index (χ2n) is 10.6. The highest BCUT2D eigenvalue weighted by Gasteiger charge is 2.24. The molecule has 3 aliphatic rings. The fourth-order valence-corrected chi connectivity index (χ4v) is 5.76. The molecule has 2 aliphatic heterocycles. The summed E-state index contributed by atoms with van der Waals surface area (Å²) in [6.45, 7) is 5.42. The minimum Gasteiger partial charge on any atom is -0.358 e. The predicted octanol–water partition coefficient (Wildman–Crippen LogP) is 5.27. The Balaban J connectivity index is 1.08. The lowest BCUT2D eigenvalue weighted by atomic mass is 10.0. The molecule has 0 bridgehead atoms. The minimum absolute atomic E-state index is 0.00454. The Hall–Kier alpha value is -3.70. The van der Waals surface area contributed by atoms with Crippen LogP contribution in [0.2, 0.25) is 0 Å². The van der Waals surface area contributed by atoms with E-state index >= 15 is 0 Å². The first kappa shape index (κ1) is 24.6. The van der Waals surface area contributed by atoms with Gasteiger partial charge in [-0.2, -0.15) is 0 Å². The molecule has 0 radical (unpaired) electrons. The van der Waals surface area contributed by atoms with Crippen molar-refractivity contribution >= 4 is 16.8 Å². The molecule has 2 aromatic carbocycles. The molecule has 2 N–H and O–H groups in total. The fraction of sp³-hybridized carbons (Fsp3) is 0.312. The third-order valence-corrected chi connectivity index (χ3v) is 7.86. The number of aromatic amines is 1. The van der Waals surface area contributed by atoms with E-state index in [1.165, 1.54) is 29.0 Å². The maximum Gasteiger partial charge on any atom is 0.251 e. The van der Waals surface area contributed by atoms with Crippen LogP contribution >= 0.6 is 0 Å². The zero-order chi connectivity index (χ0) is 25.9. The van der Waals surface area contributed by atoms with E-state index in [4.69, 9.17) is 0 Å². The lowest BCUT2D eigenvalue weighted by Crippen LogP contribution is -2.45. The number of aromatic nitrogens is 1. The number of fused-ring (bicyclic) bond motifs is 3. The summed E-state index contributed by atoms with van der Waals surface area (Å²) in [5.74, 6) is -0.201. The van der Waals surface area contributed by atoms with Crippen LogP contribution in [0.4, 0.5) is 4.39 Å². The Kier molecular flexibility index (Phi) is 7.10. The molecule has 0 saturated carbocycles. The Labute approximate surface area is 223 Å². The van der Waals surface area contributed by atoms with E-state index in [9.17, 15) is 9.18 Å². The number of allylic oxidation sites excluding steroid dienone is 3. The normalized spacial score (nSPS) is 18.4. The third-order valence-electron chi connectivity index (χ3n) is 7.86. The zero-order valence-electron chi connectivity index (χ0n) is 21.6. The molecule has 5 nitrogen and oxygen atoms in total. The largest absolute Gasteiger partial charge is 0.358 e. The van der Waals surface area contributed by atoms with E-state index in [2.05, 4.69) is 38.0 Å². The van der Waals surface area contributed by atoms with Gasteiger partial charge in [0.1, 0.15) is 5.82 Å². The van der Waals surface area contributed by atoms with Crippen molar-refractivity contribution in [2.45, 2.75) is 38.4 Å². The number of hydrogen-bond donors (Lipinski definition) is 2. The van der Waals surface area contributed by atoms with Crippen molar-refractivity contribution < 1.29 is 9.18 Å². The Morgan fingerprint density at radius 3 is 2.71 bits per heavy atom. The van der Waals surface area contributed by atoms with E-state index < -0.39 is 0 Å². The molecule has 3 aromatic rings. The number of rotatable bonds is 6. The molecule has 0 spiro atoms. The lowest BCUT2D eigenvalue weighted by molar-refractivity contribution is 0.0913. The van der Waals surface area contributed by atoms with Crippen LogP contribution in [0.5, 0.6) is 0 Å². The van der Waals surface area contributed by atoms with Gasteiger partial charge in [0.15, 0.2) is 0 Å². The number of H-pyrrole nitrogens is 1. The summed E-state index contributed by atoms with van der Waals surface area (Å²) in [5.41, 5.74) is 9.81. The highest BCUT2D eigenvalue weighted by Crippen LogP contribution is 2.29. The standard InChI is InChI=1S/C32H33FN4O/c33-26-10-7-24(8-11-26)21-37-18-15-31-29(22-37)28-19-25(9-12-30(28)35-31)32(38)34-27-13-16-36(17-14-27)20-23-5-3-1-2-4-6-23/h1,3-12,19,27,35H,13-18,20-22H2,(H,34,38). The van der Waals surface area contributed by atoms with Crippen molar-refractivity contribution in [2.24, 2.45) is 0 Å². The molecule has 1 saturated heterocycles. The average molecular weight is 509 g/mol. The molecule has 0 atom stereocenters. The summed E-state index contributed by atoms with van der Waals surface area (Å²) in [6.07, 6.45) is 13.0. The predicted molar refractivity (Wildman–Crippen MR) is 149 cm³/mol. The SMILES string of the molecule is O=C(NC1CCN(CC2=CC=C=CC=C2)CC1)c1ccc2[nH]c3c(c2c1)CN(Cc1ccc(F)cc1)CC3. The maximum absolute atomic E-state index is 13.3. The number of amides is 1. The van der Waals surface area contributed by atoms with Gasteiger partial charge < -0.3 is 10.3 Å². The van der Waals surface area contributed by atoms with Crippen molar-refractivity contribution in [1.82, 2.24) is 20.1 Å². The highest BCUT2D eigenvalue weighted by molar-refractivity contribution is 5.99. The van der Waals surface area contributed by atoms with Gasteiger partial charge in [0, 0.05) is 73.9 Å². The second-order valence-corrected chi connectivity index (χ2v) is 10.6. The van der Waals surface area contributed by atoms with Gasteiger partial charge in [-0.05, 0) is 78.1 Å². The number of halogens is 1. The number of piperidine rings is 1. The number of nitrogens with zero attached hydrogens (tertiary/aromatic N) is 2. The molecule has 1 amide bonds. The van der Waals surface area contributed by atoms with Gasteiger partial charge in [-0.3, -0.25) is 14.6 Å². The molecule has 1 aliphatic carbocycles. The van der Waals surface area contributed by atoms with E-state index in [1.54, 1.807) is 0 Å². The van der Waals surface area contributed by atoms with Gasteiger partial charge in [0.25, 0.3) is 5.91 Å². The fourth-order valence-electron chi connectivity index (χ4n) is 5.76. The van der Waals surface area contributed by atoms with Crippen molar-refractivity contribution in [3.05, 3.63) is 112 Å². The van der Waals surface area contributed by atoms with Crippen molar-refractivity contribution in [3.8, 4) is 0 Å². The molecule has 6 rings (SSSR count). The number of carbonyl (C=O) groups excluding carboxylic acids is 1. The molecule has 194 valence electrons. The zero-order valence-corrected chi connectivity index (χ0v) is 21.6. The number of benzene rings is 2. The van der Waals surface area contributed by atoms with Crippen LogP contribution in [0, 0.1) is 5.82 Å². The van der Waals surface area contributed by atoms with Crippen LogP contribution < -0.4 is 5.32 Å². The second kappa shape index (κ2) is 11.0. The molecule has 3 heterocycles. The van der Waals surface area contributed by atoms with Crippen LogP contribution in [0.25, 0.3) is 10.9 Å². The summed E-state index contributed by atoms with van der Waals surface area (Å²) in [6, 6.07) is 13.0. The average Bonchev–Trinajstić information content (AvgIpc) is 3.09. The number of likely N-dealkylation sites (tertiary alicyclic amines) is 1. The highest BCUT2D eigenvalue weighted by atomic mass is 19.1. The number of nitrogens with one attached hydrogen (secondary N) is 2. The summed E-state index contributed by atoms with van der Waals surface area (Å²) in [5, 5.41) is 4.41. The Morgan fingerprint density at radius 1 is 1.03 bits per heavy atom. The summed E-state index contributed by atoms with van der Waals surface area (Å²) < 4.78 is 13.3. The molecule has 38 heavy (non-hydrogen) atoms. The van der Waals surface area contributed by atoms with Crippen LogP contribution in [0.1, 0.15) is 40.0 Å². The van der Waals surface area contributed by atoms with E-state index in [1.807, 2.05) is 48.6 Å². The number of hydrogen-bond acceptors (Lipinski definition) is 3. The quantitative estimate of drug-likeness (QED) is 0.446. The topological polar surface area (TPSA) is 51.4 Å². The number of carbonyl (C=O) groups is 1.